The number of carboxylic acid groups (broad SMARTS) is 1. The lowest BCUT2D eigenvalue weighted by Gasteiger charge is -2.43. The van der Waals surface area contributed by atoms with Gasteiger partial charge < -0.3 is 45.3 Å². The van der Waals surface area contributed by atoms with Gasteiger partial charge in [0.25, 0.3) is 0 Å². The second-order valence-corrected chi connectivity index (χ2v) is 9.19. The maximum absolute atomic E-state index is 12.0. The maximum atomic E-state index is 12.0. The van der Waals surface area contributed by atoms with Crippen LogP contribution in [0.3, 0.4) is 0 Å². The van der Waals surface area contributed by atoms with E-state index in [4.69, 9.17) is 24.7 Å². The summed E-state index contributed by atoms with van der Waals surface area (Å²) in [6, 6.07) is -2.31. The molecule has 2 rings (SSSR count). The molecule has 1 saturated heterocycles. The molecule has 0 saturated carbocycles. The van der Waals surface area contributed by atoms with E-state index in [-0.39, 0.29) is 13.0 Å². The molecule has 15 heteroatoms. The van der Waals surface area contributed by atoms with E-state index in [1.54, 1.807) is 20.8 Å². The summed E-state index contributed by atoms with van der Waals surface area (Å²) in [6.07, 6.45) is -5.05. The Kier molecular flexibility index (Phi) is 9.61. The summed E-state index contributed by atoms with van der Waals surface area (Å²) >= 11 is 0. The first-order chi connectivity index (χ1) is 16.7. The molecule has 0 aromatic rings. The Hall–Kier alpha value is -3.43. The minimum absolute atomic E-state index is 0.0465. The molecule has 36 heavy (non-hydrogen) atoms. The predicted molar refractivity (Wildman–Crippen MR) is 120 cm³/mol. The summed E-state index contributed by atoms with van der Waals surface area (Å²) < 4.78 is 20.6. The van der Waals surface area contributed by atoms with Crippen LogP contribution >= 0.6 is 0 Å². The Morgan fingerprint density at radius 2 is 1.86 bits per heavy atom. The maximum Gasteiger partial charge on any atom is 0.416 e. The Bertz CT molecular complexity index is 914. The van der Waals surface area contributed by atoms with E-state index in [9.17, 15) is 34.5 Å². The fraction of sp³-hybridized carbons (Fsp3) is 0.667. The monoisotopic (exact) mass is 516 g/mol. The number of hydrogen-bond donors (Lipinski definition) is 6. The van der Waals surface area contributed by atoms with Crippen LogP contribution in [0.5, 0.6) is 0 Å². The van der Waals surface area contributed by atoms with Gasteiger partial charge in [0.2, 0.25) is 18.5 Å². The van der Waals surface area contributed by atoms with Crippen molar-refractivity contribution >= 4 is 29.9 Å². The highest BCUT2D eigenvalue weighted by Crippen LogP contribution is 2.29. The molecular formula is C21H32N4O11. The zero-order valence-electron chi connectivity index (χ0n) is 20.3. The number of esters is 1. The number of carbonyl (C=O) groups is 4. The summed E-state index contributed by atoms with van der Waals surface area (Å²) in [5.74, 6) is -3.71. The number of carbonyl (C=O) groups excluding carboxylic acids is 3. The van der Waals surface area contributed by atoms with Crippen molar-refractivity contribution in [2.75, 3.05) is 13.4 Å². The lowest BCUT2D eigenvalue weighted by Crippen LogP contribution is -2.62. The van der Waals surface area contributed by atoms with Crippen molar-refractivity contribution in [1.29, 1.82) is 0 Å². The van der Waals surface area contributed by atoms with Crippen LogP contribution in [0.2, 0.25) is 0 Å². The van der Waals surface area contributed by atoms with Gasteiger partial charge >= 0.3 is 18.0 Å². The number of amides is 2. The summed E-state index contributed by atoms with van der Waals surface area (Å²) in [5.41, 5.74) is 4.97. The summed E-state index contributed by atoms with van der Waals surface area (Å²) in [5, 5.41) is 34.6. The minimum Gasteiger partial charge on any atom is -0.478 e. The standard InChI is InChI=1S/C21H32N4O11/c1-9(26)23-13-10(24-19(22)25-20(32)35-8-34-18(31)21(2,3)4)7-12(17(29)30)36-15(13)16-14(28)11(27)5-6-33-16/h7,10-11,13-16,27-28H,5-6,8H2,1-4H3,(H,23,26)(H,29,30)(H3,22,24,25,32)/t10-,11+,13+,14+,15+,16+/m0/s1. The molecule has 0 aromatic carbocycles. The van der Waals surface area contributed by atoms with Crippen molar-refractivity contribution in [2.24, 2.45) is 16.1 Å². The molecule has 15 nitrogen and oxygen atoms in total. The largest absolute Gasteiger partial charge is 0.478 e. The zero-order valence-corrected chi connectivity index (χ0v) is 20.3. The van der Waals surface area contributed by atoms with Gasteiger partial charge in [0.15, 0.2) is 12.1 Å². The summed E-state index contributed by atoms with van der Waals surface area (Å²) in [4.78, 5) is 51.3. The Morgan fingerprint density at radius 3 is 2.44 bits per heavy atom. The van der Waals surface area contributed by atoms with Crippen LogP contribution in [0, 0.1) is 5.41 Å². The highest BCUT2D eigenvalue weighted by molar-refractivity contribution is 5.93. The second-order valence-electron chi connectivity index (χ2n) is 9.19. The van der Waals surface area contributed by atoms with E-state index < -0.39 is 84.4 Å². The molecule has 0 radical (unpaired) electrons. The van der Waals surface area contributed by atoms with Gasteiger partial charge in [-0.1, -0.05) is 0 Å². The van der Waals surface area contributed by atoms with Crippen LogP contribution in [0.25, 0.3) is 0 Å². The number of carboxylic acids is 1. The fourth-order valence-corrected chi connectivity index (χ4v) is 3.41. The van der Waals surface area contributed by atoms with Gasteiger partial charge in [-0.25, -0.2) is 14.6 Å². The van der Waals surface area contributed by atoms with Gasteiger partial charge in [-0.2, -0.15) is 0 Å². The first-order valence-corrected chi connectivity index (χ1v) is 11.0. The molecule has 0 spiro atoms. The van der Waals surface area contributed by atoms with Gasteiger partial charge in [0.05, 0.1) is 23.6 Å². The Labute approximate surface area is 206 Å². The number of hydrogen-bond acceptors (Lipinski definition) is 11. The molecule has 2 heterocycles. The SMILES string of the molecule is CC(=O)N[C@H]1[C@H]([C@@H]2OCC[C@@H](O)[C@H]2O)OC(C(=O)O)=C[C@@H]1N=C(N)NC(=O)OCOC(=O)C(C)(C)C. The smallest absolute Gasteiger partial charge is 0.416 e. The normalized spacial score (nSPS) is 28.7. The molecule has 202 valence electrons. The Morgan fingerprint density at radius 1 is 1.19 bits per heavy atom. The second kappa shape index (κ2) is 12.0. The van der Waals surface area contributed by atoms with E-state index >= 15 is 0 Å². The van der Waals surface area contributed by atoms with E-state index in [0.29, 0.717) is 0 Å². The number of alkyl carbamates (subject to hydrolysis) is 1. The topological polar surface area (TPSA) is 228 Å². The number of rotatable bonds is 6. The predicted octanol–water partition coefficient (Wildman–Crippen LogP) is -1.67. The number of ether oxygens (including phenoxy) is 4. The van der Waals surface area contributed by atoms with Crippen molar-refractivity contribution in [2.45, 2.75) is 70.6 Å². The van der Waals surface area contributed by atoms with Crippen molar-refractivity contribution in [3.05, 3.63) is 11.8 Å². The van der Waals surface area contributed by atoms with Crippen LogP contribution in [0.15, 0.2) is 16.8 Å². The zero-order chi connectivity index (χ0) is 27.2. The molecule has 6 atom stereocenters. The quantitative estimate of drug-likeness (QED) is 0.101. The molecular weight excluding hydrogens is 484 g/mol. The molecule has 2 aliphatic rings. The van der Waals surface area contributed by atoms with Crippen LogP contribution in [-0.2, 0) is 33.3 Å². The molecule has 1 fully saturated rings. The first-order valence-electron chi connectivity index (χ1n) is 11.0. The molecule has 7 N–H and O–H groups in total. The van der Waals surface area contributed by atoms with Crippen molar-refractivity contribution in [1.82, 2.24) is 10.6 Å². The lowest BCUT2D eigenvalue weighted by molar-refractivity contribution is -0.185. The van der Waals surface area contributed by atoms with Crippen molar-refractivity contribution in [3.8, 4) is 0 Å². The van der Waals surface area contributed by atoms with Gasteiger partial charge in [-0.15, -0.1) is 0 Å². The molecule has 0 unspecified atom stereocenters. The van der Waals surface area contributed by atoms with E-state index in [1.807, 2.05) is 0 Å². The fourth-order valence-electron chi connectivity index (χ4n) is 3.41. The first kappa shape index (κ1) is 28.8. The number of aliphatic carboxylic acids is 1. The van der Waals surface area contributed by atoms with Crippen LogP contribution in [0.1, 0.15) is 34.1 Å². The van der Waals surface area contributed by atoms with Crippen molar-refractivity contribution < 1.29 is 53.4 Å². The summed E-state index contributed by atoms with van der Waals surface area (Å²) in [6.45, 7) is 5.40. The molecule has 0 aliphatic carbocycles. The van der Waals surface area contributed by atoms with Crippen LogP contribution < -0.4 is 16.4 Å². The third-order valence-electron chi connectivity index (χ3n) is 5.18. The van der Waals surface area contributed by atoms with E-state index in [0.717, 1.165) is 6.08 Å². The minimum atomic E-state index is -1.47. The van der Waals surface area contributed by atoms with Gasteiger partial charge in [-0.3, -0.25) is 14.9 Å². The van der Waals surface area contributed by atoms with Crippen molar-refractivity contribution in [3.63, 3.8) is 0 Å². The number of guanidine groups is 1. The molecule has 0 aromatic heterocycles. The molecule has 2 aliphatic heterocycles. The number of nitrogens with zero attached hydrogens (tertiary/aromatic N) is 1. The number of aliphatic imine (C=N–C) groups is 1. The lowest BCUT2D eigenvalue weighted by atomic mass is 9.88. The number of aliphatic hydroxyl groups excluding tert-OH is 2. The third kappa shape index (κ3) is 7.79. The van der Waals surface area contributed by atoms with E-state index in [2.05, 4.69) is 15.6 Å². The summed E-state index contributed by atoms with van der Waals surface area (Å²) in [7, 11) is 0. The average molecular weight is 517 g/mol. The van der Waals surface area contributed by atoms with Gasteiger partial charge in [0, 0.05) is 13.5 Å². The van der Waals surface area contributed by atoms with Crippen LogP contribution in [0.4, 0.5) is 4.79 Å². The van der Waals surface area contributed by atoms with Gasteiger partial charge in [0.1, 0.15) is 12.2 Å². The highest BCUT2D eigenvalue weighted by Gasteiger charge is 2.47. The Balaban J connectivity index is 2.22. The van der Waals surface area contributed by atoms with E-state index in [1.165, 1.54) is 6.92 Å². The highest BCUT2D eigenvalue weighted by atomic mass is 16.7. The van der Waals surface area contributed by atoms with Crippen LogP contribution in [-0.4, -0.2) is 95.1 Å². The number of nitrogens with one attached hydrogen (secondary N) is 2. The van der Waals surface area contributed by atoms with Gasteiger partial charge in [-0.05, 0) is 33.3 Å². The third-order valence-corrected chi connectivity index (χ3v) is 5.18. The number of aliphatic hydroxyl groups is 2. The average Bonchev–Trinajstić information content (AvgIpc) is 2.75. The number of nitrogens with two attached hydrogens (primary N) is 1. The molecule has 2 amide bonds. The molecule has 0 bridgehead atoms.